The number of hydrogen-bond donors (Lipinski definition) is 1. The largest absolute Gasteiger partial charge is 0.355 e. The molecule has 1 aromatic heterocycles. The number of pyridine rings is 1. The monoisotopic (exact) mass is 334 g/mol. The van der Waals surface area contributed by atoms with Crippen molar-refractivity contribution in [1.29, 1.82) is 5.26 Å². The number of aromatic nitrogens is 1. The first-order chi connectivity index (χ1) is 11.1. The summed E-state index contributed by atoms with van der Waals surface area (Å²) in [5.41, 5.74) is 0.512. The van der Waals surface area contributed by atoms with Gasteiger partial charge in [-0.3, -0.25) is 0 Å². The van der Waals surface area contributed by atoms with E-state index in [2.05, 4.69) is 9.71 Å². The van der Waals surface area contributed by atoms with Crippen LogP contribution in [-0.2, 0) is 10.0 Å². The van der Waals surface area contributed by atoms with Crippen LogP contribution in [0.5, 0.6) is 0 Å². The van der Waals surface area contributed by atoms with Gasteiger partial charge >= 0.3 is 0 Å². The van der Waals surface area contributed by atoms with Crippen LogP contribution in [0.2, 0.25) is 0 Å². The summed E-state index contributed by atoms with van der Waals surface area (Å²) in [6, 6.07) is 5.67. The van der Waals surface area contributed by atoms with E-state index >= 15 is 0 Å². The van der Waals surface area contributed by atoms with E-state index in [0.29, 0.717) is 18.5 Å². The molecule has 0 spiro atoms. The van der Waals surface area contributed by atoms with Crippen molar-refractivity contribution < 1.29 is 8.42 Å². The zero-order valence-electron chi connectivity index (χ0n) is 13.1. The first kappa shape index (κ1) is 16.2. The number of piperidine rings is 1. The van der Waals surface area contributed by atoms with E-state index in [1.54, 1.807) is 12.1 Å². The fourth-order valence-corrected chi connectivity index (χ4v) is 5.16. The fraction of sp³-hybridized carbons (Fsp3) is 0.625. The van der Waals surface area contributed by atoms with E-state index in [1.165, 1.54) is 6.20 Å². The van der Waals surface area contributed by atoms with Crippen molar-refractivity contribution in [2.45, 2.75) is 49.8 Å². The van der Waals surface area contributed by atoms with Crippen molar-refractivity contribution in [3.63, 3.8) is 0 Å². The smallest absolute Gasteiger partial charge is 0.216 e. The molecule has 1 atom stereocenters. The van der Waals surface area contributed by atoms with E-state index < -0.39 is 15.3 Å². The van der Waals surface area contributed by atoms with Crippen LogP contribution in [0.4, 0.5) is 5.82 Å². The third-order valence-electron chi connectivity index (χ3n) is 4.70. The highest BCUT2D eigenvalue weighted by Gasteiger charge is 2.33. The zero-order chi connectivity index (χ0) is 16.3. The standard InChI is InChI=1S/C16H22N4O2S/c17-10-13-7-8-16(18-11-13)20-9-3-6-15(12-20)23(21,22)19-14-4-1-2-5-14/h7-8,11,14-15,19H,1-6,9,12H2/t15-/m1/s1. The van der Waals surface area contributed by atoms with Gasteiger partial charge in [0.25, 0.3) is 0 Å². The number of anilines is 1. The Hall–Kier alpha value is -1.65. The first-order valence-electron chi connectivity index (χ1n) is 8.21. The van der Waals surface area contributed by atoms with Crippen LogP contribution in [0, 0.1) is 11.3 Å². The molecule has 1 saturated carbocycles. The number of sulfonamides is 1. The second-order valence-corrected chi connectivity index (χ2v) is 8.36. The molecule has 1 aliphatic carbocycles. The van der Waals surface area contributed by atoms with Crippen LogP contribution in [0.25, 0.3) is 0 Å². The van der Waals surface area contributed by atoms with Gasteiger partial charge in [-0.2, -0.15) is 5.26 Å². The lowest BCUT2D eigenvalue weighted by atomic mass is 10.1. The van der Waals surface area contributed by atoms with Gasteiger partial charge in [-0.1, -0.05) is 12.8 Å². The number of nitrogens with zero attached hydrogens (tertiary/aromatic N) is 3. The normalized spacial score (nSPS) is 22.9. The molecular weight excluding hydrogens is 312 g/mol. The van der Waals surface area contributed by atoms with Crippen LogP contribution in [0.15, 0.2) is 18.3 Å². The lowest BCUT2D eigenvalue weighted by molar-refractivity contribution is 0.505. The summed E-state index contributed by atoms with van der Waals surface area (Å²) in [6.45, 7) is 1.26. The molecule has 0 bridgehead atoms. The minimum Gasteiger partial charge on any atom is -0.355 e. The van der Waals surface area contributed by atoms with Crippen LogP contribution >= 0.6 is 0 Å². The van der Waals surface area contributed by atoms with Crippen molar-refractivity contribution in [3.8, 4) is 6.07 Å². The maximum absolute atomic E-state index is 12.6. The lowest BCUT2D eigenvalue weighted by Crippen LogP contribution is -2.48. The molecule has 0 unspecified atom stereocenters. The number of rotatable bonds is 4. The summed E-state index contributed by atoms with van der Waals surface area (Å²) >= 11 is 0. The maximum Gasteiger partial charge on any atom is 0.216 e. The maximum atomic E-state index is 12.6. The summed E-state index contributed by atoms with van der Waals surface area (Å²) in [4.78, 5) is 6.28. The Bertz CT molecular complexity index is 675. The van der Waals surface area contributed by atoms with Crippen molar-refractivity contribution in [2.24, 2.45) is 0 Å². The molecule has 1 aromatic rings. The van der Waals surface area contributed by atoms with E-state index in [-0.39, 0.29) is 6.04 Å². The van der Waals surface area contributed by atoms with Crippen LogP contribution < -0.4 is 9.62 Å². The molecule has 1 N–H and O–H groups in total. The molecule has 0 amide bonds. The first-order valence-corrected chi connectivity index (χ1v) is 9.75. The van der Waals surface area contributed by atoms with Crippen LogP contribution in [0.1, 0.15) is 44.1 Å². The van der Waals surface area contributed by atoms with Gasteiger partial charge in [-0.25, -0.2) is 18.1 Å². The third kappa shape index (κ3) is 3.82. The fourth-order valence-electron chi connectivity index (χ4n) is 3.41. The summed E-state index contributed by atoms with van der Waals surface area (Å²) in [7, 11) is -3.29. The van der Waals surface area contributed by atoms with Gasteiger partial charge in [0.05, 0.1) is 10.8 Å². The Morgan fingerprint density at radius 3 is 2.65 bits per heavy atom. The van der Waals surface area contributed by atoms with Gasteiger partial charge < -0.3 is 4.90 Å². The van der Waals surface area contributed by atoms with E-state index in [1.807, 2.05) is 11.0 Å². The third-order valence-corrected chi connectivity index (χ3v) is 6.63. The molecule has 23 heavy (non-hydrogen) atoms. The topological polar surface area (TPSA) is 86.1 Å². The summed E-state index contributed by atoms with van der Waals surface area (Å²) in [5.74, 6) is 0.741. The van der Waals surface area contributed by atoms with Gasteiger partial charge in [0.2, 0.25) is 10.0 Å². The van der Waals surface area contributed by atoms with Gasteiger partial charge in [-0.15, -0.1) is 0 Å². The van der Waals surface area contributed by atoms with E-state index in [4.69, 9.17) is 5.26 Å². The average Bonchev–Trinajstić information content (AvgIpc) is 3.07. The molecule has 1 aliphatic heterocycles. The number of nitriles is 1. The number of hydrogen-bond acceptors (Lipinski definition) is 5. The molecule has 0 radical (unpaired) electrons. The van der Waals surface area contributed by atoms with Gasteiger partial charge in [0.1, 0.15) is 11.9 Å². The Balaban J connectivity index is 1.68. The van der Waals surface area contributed by atoms with Crippen LogP contribution in [0.3, 0.4) is 0 Å². The van der Waals surface area contributed by atoms with E-state index in [0.717, 1.165) is 44.5 Å². The predicted molar refractivity (Wildman–Crippen MR) is 88.5 cm³/mol. The summed E-state index contributed by atoms with van der Waals surface area (Å²) in [6.07, 6.45) is 7.18. The summed E-state index contributed by atoms with van der Waals surface area (Å²) < 4.78 is 28.1. The van der Waals surface area contributed by atoms with Gasteiger partial charge in [0, 0.05) is 25.3 Å². The molecule has 0 aromatic carbocycles. The summed E-state index contributed by atoms with van der Waals surface area (Å²) in [5, 5.41) is 8.44. The predicted octanol–water partition coefficient (Wildman–Crippen LogP) is 1.78. The molecule has 124 valence electrons. The highest BCUT2D eigenvalue weighted by molar-refractivity contribution is 7.90. The lowest BCUT2D eigenvalue weighted by Gasteiger charge is -2.33. The van der Waals surface area contributed by atoms with Gasteiger partial charge in [-0.05, 0) is 37.8 Å². The minimum atomic E-state index is -3.29. The molecule has 6 nitrogen and oxygen atoms in total. The van der Waals surface area contributed by atoms with E-state index in [9.17, 15) is 8.42 Å². The zero-order valence-corrected chi connectivity index (χ0v) is 13.9. The van der Waals surface area contributed by atoms with Crippen molar-refractivity contribution in [2.75, 3.05) is 18.0 Å². The minimum absolute atomic E-state index is 0.114. The van der Waals surface area contributed by atoms with Crippen LogP contribution in [-0.4, -0.2) is 37.8 Å². The second kappa shape index (κ2) is 6.85. The highest BCUT2D eigenvalue weighted by atomic mass is 32.2. The molecule has 3 rings (SSSR count). The van der Waals surface area contributed by atoms with Crippen molar-refractivity contribution in [1.82, 2.24) is 9.71 Å². The van der Waals surface area contributed by atoms with Crippen molar-refractivity contribution in [3.05, 3.63) is 23.9 Å². The van der Waals surface area contributed by atoms with Gasteiger partial charge in [0.15, 0.2) is 0 Å². The highest BCUT2D eigenvalue weighted by Crippen LogP contribution is 2.24. The Kier molecular flexibility index (Phi) is 4.83. The second-order valence-electron chi connectivity index (χ2n) is 6.37. The van der Waals surface area contributed by atoms with Crippen molar-refractivity contribution >= 4 is 15.8 Å². The quantitative estimate of drug-likeness (QED) is 0.907. The molecule has 7 heteroatoms. The average molecular weight is 334 g/mol. The molecule has 2 fully saturated rings. The Labute approximate surface area is 137 Å². The SMILES string of the molecule is N#Cc1ccc(N2CCC[C@@H](S(=O)(=O)NC3CCCC3)C2)nc1. The Morgan fingerprint density at radius 1 is 1.22 bits per heavy atom. The molecular formula is C16H22N4O2S. The Morgan fingerprint density at radius 2 is 2.00 bits per heavy atom. The molecule has 2 heterocycles. The molecule has 1 saturated heterocycles. The molecule has 2 aliphatic rings. The number of nitrogens with one attached hydrogen (secondary N) is 1.